The minimum Gasteiger partial charge on any atom is -0.372 e. The highest BCUT2D eigenvalue weighted by Crippen LogP contribution is 2.19. The molecule has 6 heteroatoms. The molecule has 0 saturated heterocycles. The molecule has 3 N–H and O–H groups in total. The second kappa shape index (κ2) is 5.86. The molecule has 1 heterocycles. The average molecular weight is 254 g/mol. The summed E-state index contributed by atoms with van der Waals surface area (Å²) >= 11 is 1.42. The van der Waals surface area contributed by atoms with Gasteiger partial charge in [0, 0.05) is 18.5 Å². The molecule has 1 aromatic heterocycles. The van der Waals surface area contributed by atoms with Gasteiger partial charge in [0.1, 0.15) is 5.82 Å². The van der Waals surface area contributed by atoms with Crippen molar-refractivity contribution >= 4 is 28.3 Å². The van der Waals surface area contributed by atoms with Gasteiger partial charge in [-0.25, -0.2) is 9.78 Å². The molecule has 0 aromatic carbocycles. The summed E-state index contributed by atoms with van der Waals surface area (Å²) in [5.74, 6) is 0.781. The summed E-state index contributed by atoms with van der Waals surface area (Å²) in [4.78, 5) is 15.9. The van der Waals surface area contributed by atoms with Gasteiger partial charge in [0.05, 0.1) is 0 Å². The van der Waals surface area contributed by atoms with Crippen molar-refractivity contribution in [3.63, 3.8) is 0 Å². The fourth-order valence-electron chi connectivity index (χ4n) is 2.01. The molecule has 1 aliphatic rings. The zero-order chi connectivity index (χ0) is 12.1. The number of urea groups is 1. The zero-order valence-electron chi connectivity index (χ0n) is 9.95. The fourth-order valence-corrected chi connectivity index (χ4v) is 2.71. The van der Waals surface area contributed by atoms with E-state index in [1.54, 1.807) is 7.05 Å². The van der Waals surface area contributed by atoms with E-state index in [1.807, 2.05) is 5.38 Å². The molecule has 1 aliphatic carbocycles. The Balaban J connectivity index is 1.79. The molecule has 0 spiro atoms. The van der Waals surface area contributed by atoms with Gasteiger partial charge in [0.15, 0.2) is 5.13 Å². The minimum atomic E-state index is -0.145. The van der Waals surface area contributed by atoms with Crippen LogP contribution >= 0.6 is 11.3 Å². The number of carbonyl (C=O) groups excluding carboxylic acids is 1. The van der Waals surface area contributed by atoms with Crippen LogP contribution in [0.4, 0.5) is 15.7 Å². The fraction of sp³-hybridized carbons (Fsp3) is 0.636. The van der Waals surface area contributed by atoms with Crippen LogP contribution in [0.2, 0.25) is 0 Å². The Kier molecular flexibility index (Phi) is 4.19. The number of rotatable bonds is 3. The van der Waals surface area contributed by atoms with Crippen molar-refractivity contribution < 1.29 is 4.79 Å². The molecular weight excluding hydrogens is 236 g/mol. The summed E-state index contributed by atoms with van der Waals surface area (Å²) in [6.45, 7) is 0. The third kappa shape index (κ3) is 3.59. The van der Waals surface area contributed by atoms with E-state index in [9.17, 15) is 4.79 Å². The number of nitrogens with one attached hydrogen (secondary N) is 3. The van der Waals surface area contributed by atoms with Crippen molar-refractivity contribution in [3.8, 4) is 0 Å². The summed E-state index contributed by atoms with van der Waals surface area (Å²) in [6, 6.07) is 0.182. The third-order valence-corrected chi connectivity index (χ3v) is 3.68. The highest BCUT2D eigenvalue weighted by Gasteiger charge is 2.16. The van der Waals surface area contributed by atoms with Crippen molar-refractivity contribution in [1.29, 1.82) is 0 Å². The van der Waals surface area contributed by atoms with Crippen LogP contribution in [-0.2, 0) is 0 Å². The molecule has 2 amide bonds. The molecular formula is C11H18N4OS. The summed E-state index contributed by atoms with van der Waals surface area (Å²) in [7, 11) is 1.81. The molecule has 0 unspecified atom stereocenters. The number of nitrogens with zero attached hydrogens (tertiary/aromatic N) is 1. The second-order valence-corrected chi connectivity index (χ2v) is 5.08. The van der Waals surface area contributed by atoms with Gasteiger partial charge in [-0.2, -0.15) is 0 Å². The Labute approximate surface area is 105 Å². The highest BCUT2D eigenvalue weighted by molar-refractivity contribution is 7.14. The van der Waals surface area contributed by atoms with Crippen LogP contribution in [-0.4, -0.2) is 24.1 Å². The summed E-state index contributed by atoms with van der Waals surface area (Å²) in [6.07, 6.45) is 5.90. The first kappa shape index (κ1) is 12.2. The van der Waals surface area contributed by atoms with Crippen molar-refractivity contribution in [2.45, 2.75) is 38.1 Å². The van der Waals surface area contributed by atoms with E-state index in [1.165, 1.54) is 30.6 Å². The Morgan fingerprint density at radius 3 is 2.82 bits per heavy atom. The maximum atomic E-state index is 11.7. The van der Waals surface area contributed by atoms with E-state index < -0.39 is 0 Å². The number of aromatic nitrogens is 1. The SMILES string of the molecule is CNc1csc(NC(=O)NC2CCCCC2)n1. The van der Waals surface area contributed by atoms with Crippen LogP contribution in [0.1, 0.15) is 32.1 Å². The predicted molar refractivity (Wildman–Crippen MR) is 70.7 cm³/mol. The second-order valence-electron chi connectivity index (χ2n) is 4.22. The van der Waals surface area contributed by atoms with E-state index >= 15 is 0 Å². The van der Waals surface area contributed by atoms with Crippen LogP contribution in [0.5, 0.6) is 0 Å². The number of hydrogen-bond donors (Lipinski definition) is 3. The van der Waals surface area contributed by atoms with Crippen molar-refractivity contribution in [2.75, 3.05) is 17.7 Å². The van der Waals surface area contributed by atoms with Crippen LogP contribution in [0.3, 0.4) is 0 Å². The van der Waals surface area contributed by atoms with Crippen LogP contribution in [0, 0.1) is 0 Å². The maximum Gasteiger partial charge on any atom is 0.321 e. The van der Waals surface area contributed by atoms with E-state index in [4.69, 9.17) is 0 Å². The van der Waals surface area contributed by atoms with Gasteiger partial charge in [0.2, 0.25) is 0 Å². The zero-order valence-corrected chi connectivity index (χ0v) is 10.8. The normalized spacial score (nSPS) is 16.5. The maximum absolute atomic E-state index is 11.7. The minimum absolute atomic E-state index is 0.145. The molecule has 0 aliphatic heterocycles. The average Bonchev–Trinajstić information content (AvgIpc) is 2.78. The Hall–Kier alpha value is -1.30. The predicted octanol–water partition coefficient (Wildman–Crippen LogP) is 2.64. The van der Waals surface area contributed by atoms with Gasteiger partial charge in [-0.3, -0.25) is 5.32 Å². The summed E-state index contributed by atoms with van der Waals surface area (Å²) in [5, 5.41) is 11.2. The van der Waals surface area contributed by atoms with E-state index in [-0.39, 0.29) is 6.03 Å². The van der Waals surface area contributed by atoms with Gasteiger partial charge in [-0.05, 0) is 12.8 Å². The van der Waals surface area contributed by atoms with Crippen molar-refractivity contribution in [3.05, 3.63) is 5.38 Å². The highest BCUT2D eigenvalue weighted by atomic mass is 32.1. The molecule has 0 bridgehead atoms. The Bertz CT molecular complexity index is 373. The van der Waals surface area contributed by atoms with Crippen LogP contribution < -0.4 is 16.0 Å². The molecule has 2 rings (SSSR count). The first-order valence-electron chi connectivity index (χ1n) is 5.99. The summed E-state index contributed by atoms with van der Waals surface area (Å²) in [5.41, 5.74) is 0. The van der Waals surface area contributed by atoms with Crippen molar-refractivity contribution in [1.82, 2.24) is 10.3 Å². The lowest BCUT2D eigenvalue weighted by atomic mass is 9.96. The third-order valence-electron chi connectivity index (χ3n) is 2.92. The first-order valence-corrected chi connectivity index (χ1v) is 6.86. The largest absolute Gasteiger partial charge is 0.372 e. The number of amides is 2. The number of anilines is 2. The Morgan fingerprint density at radius 2 is 2.18 bits per heavy atom. The molecule has 1 aromatic rings. The smallest absolute Gasteiger partial charge is 0.321 e. The Morgan fingerprint density at radius 1 is 1.41 bits per heavy atom. The monoisotopic (exact) mass is 254 g/mol. The molecule has 17 heavy (non-hydrogen) atoms. The lowest BCUT2D eigenvalue weighted by Crippen LogP contribution is -2.38. The molecule has 0 radical (unpaired) electrons. The molecule has 1 fully saturated rings. The van der Waals surface area contributed by atoms with Crippen LogP contribution in [0.25, 0.3) is 0 Å². The van der Waals surface area contributed by atoms with Gasteiger partial charge in [-0.15, -0.1) is 11.3 Å². The molecule has 5 nitrogen and oxygen atoms in total. The standard InChI is InChI=1S/C11H18N4OS/c1-12-9-7-17-11(14-9)15-10(16)13-8-5-3-2-4-6-8/h7-8,12H,2-6H2,1H3,(H2,13,14,15,16). The quantitative estimate of drug-likeness (QED) is 0.777. The molecule has 0 atom stereocenters. The van der Waals surface area contributed by atoms with E-state index in [0.717, 1.165) is 18.7 Å². The summed E-state index contributed by atoms with van der Waals surface area (Å²) < 4.78 is 0. The van der Waals surface area contributed by atoms with Crippen molar-refractivity contribution in [2.24, 2.45) is 0 Å². The lowest BCUT2D eigenvalue weighted by Gasteiger charge is -2.22. The van der Waals surface area contributed by atoms with Crippen LogP contribution in [0.15, 0.2) is 5.38 Å². The van der Waals surface area contributed by atoms with Gasteiger partial charge in [-0.1, -0.05) is 19.3 Å². The van der Waals surface area contributed by atoms with E-state index in [2.05, 4.69) is 20.9 Å². The molecule has 1 saturated carbocycles. The number of thiazole rings is 1. The topological polar surface area (TPSA) is 66.0 Å². The lowest BCUT2D eigenvalue weighted by molar-refractivity contribution is 0.244. The van der Waals surface area contributed by atoms with Gasteiger partial charge < -0.3 is 10.6 Å². The van der Waals surface area contributed by atoms with Gasteiger partial charge in [0.25, 0.3) is 0 Å². The number of carbonyl (C=O) groups is 1. The van der Waals surface area contributed by atoms with E-state index in [0.29, 0.717) is 11.2 Å². The number of hydrogen-bond acceptors (Lipinski definition) is 4. The molecule has 94 valence electrons. The first-order chi connectivity index (χ1) is 8.28. The van der Waals surface area contributed by atoms with Gasteiger partial charge >= 0.3 is 6.03 Å².